The smallest absolute Gasteiger partial charge is 0.193 e. The average molecular weight is 348 g/mol. The van der Waals surface area contributed by atoms with Crippen molar-refractivity contribution in [3.63, 3.8) is 0 Å². The molecule has 94 valence electrons. The Bertz CT molecular complexity index is 595. The van der Waals surface area contributed by atoms with Crippen molar-refractivity contribution in [1.29, 1.82) is 0 Å². The molecule has 5 heteroatoms. The van der Waals surface area contributed by atoms with Gasteiger partial charge in [0.2, 0.25) is 0 Å². The summed E-state index contributed by atoms with van der Waals surface area (Å²) in [5.41, 5.74) is 2.08. The maximum atomic E-state index is 6.45. The summed E-state index contributed by atoms with van der Waals surface area (Å²) >= 11 is 15.7. The molecule has 1 aliphatic heterocycles. The van der Waals surface area contributed by atoms with Crippen molar-refractivity contribution in [3.8, 4) is 5.75 Å². The van der Waals surface area contributed by atoms with Crippen LogP contribution in [0.25, 0.3) is 0 Å². The van der Waals surface area contributed by atoms with Crippen molar-refractivity contribution in [2.24, 2.45) is 0 Å². The number of fused-ring (bicyclic) bond motifs is 1. The largest absolute Gasteiger partial charge is 0.493 e. The van der Waals surface area contributed by atoms with E-state index in [4.69, 9.17) is 32.4 Å². The van der Waals surface area contributed by atoms with Crippen molar-refractivity contribution in [2.45, 2.75) is 11.8 Å². The van der Waals surface area contributed by atoms with Crippen LogP contribution in [0.4, 0.5) is 0 Å². The lowest BCUT2D eigenvalue weighted by atomic mass is 10.0. The Morgan fingerprint density at radius 1 is 1.28 bits per heavy atom. The SMILES string of the molecule is Clc1ccc(C(Cl)c2cc(Br)cc3c2OCC3)o1. The highest BCUT2D eigenvalue weighted by Gasteiger charge is 2.25. The second-order valence-electron chi connectivity index (χ2n) is 4.09. The lowest BCUT2D eigenvalue weighted by Crippen LogP contribution is -1.96. The van der Waals surface area contributed by atoms with Crippen molar-refractivity contribution in [2.75, 3.05) is 6.61 Å². The number of benzene rings is 1. The molecule has 0 aliphatic carbocycles. The molecule has 0 spiro atoms. The van der Waals surface area contributed by atoms with Gasteiger partial charge in [-0.3, -0.25) is 0 Å². The predicted molar refractivity (Wildman–Crippen MR) is 74.8 cm³/mol. The first-order chi connectivity index (χ1) is 8.65. The summed E-state index contributed by atoms with van der Waals surface area (Å²) in [6, 6.07) is 7.48. The zero-order valence-corrected chi connectivity index (χ0v) is 12.3. The zero-order valence-electron chi connectivity index (χ0n) is 9.25. The van der Waals surface area contributed by atoms with Crippen LogP contribution in [0.2, 0.25) is 5.22 Å². The van der Waals surface area contributed by atoms with Gasteiger partial charge in [0.05, 0.1) is 6.61 Å². The van der Waals surface area contributed by atoms with Gasteiger partial charge in [-0.1, -0.05) is 15.9 Å². The van der Waals surface area contributed by atoms with Crippen LogP contribution in [-0.2, 0) is 6.42 Å². The number of hydrogen-bond acceptors (Lipinski definition) is 2. The van der Waals surface area contributed by atoms with Gasteiger partial charge < -0.3 is 9.15 Å². The molecule has 1 atom stereocenters. The standard InChI is InChI=1S/C13H9BrCl2O2/c14-8-5-7-3-4-17-13(7)9(6-8)12(16)10-1-2-11(15)18-10/h1-2,5-6,12H,3-4H2. The Hall–Kier alpha value is -0.640. The van der Waals surface area contributed by atoms with E-state index in [2.05, 4.69) is 22.0 Å². The monoisotopic (exact) mass is 346 g/mol. The number of ether oxygens (including phenoxy) is 1. The van der Waals surface area contributed by atoms with Gasteiger partial charge in [-0.05, 0) is 41.4 Å². The summed E-state index contributed by atoms with van der Waals surface area (Å²) in [6.45, 7) is 0.696. The highest BCUT2D eigenvalue weighted by molar-refractivity contribution is 9.10. The molecule has 1 aliphatic rings. The van der Waals surface area contributed by atoms with Crippen molar-refractivity contribution in [3.05, 3.63) is 50.8 Å². The fourth-order valence-corrected chi connectivity index (χ4v) is 3.06. The molecule has 0 N–H and O–H groups in total. The highest BCUT2D eigenvalue weighted by atomic mass is 79.9. The highest BCUT2D eigenvalue weighted by Crippen LogP contribution is 2.42. The Labute approximate surface area is 123 Å². The Morgan fingerprint density at radius 2 is 2.11 bits per heavy atom. The van der Waals surface area contributed by atoms with Gasteiger partial charge in [-0.2, -0.15) is 0 Å². The van der Waals surface area contributed by atoms with Gasteiger partial charge in [0.1, 0.15) is 16.9 Å². The van der Waals surface area contributed by atoms with Crippen LogP contribution >= 0.6 is 39.1 Å². The molecule has 0 radical (unpaired) electrons. The number of alkyl halides is 1. The molecule has 18 heavy (non-hydrogen) atoms. The van der Waals surface area contributed by atoms with Gasteiger partial charge in [-0.15, -0.1) is 11.6 Å². The van der Waals surface area contributed by atoms with Crippen LogP contribution in [0.1, 0.15) is 22.3 Å². The van der Waals surface area contributed by atoms with Crippen molar-refractivity contribution < 1.29 is 9.15 Å². The molecule has 0 saturated heterocycles. The lowest BCUT2D eigenvalue weighted by Gasteiger charge is -2.12. The van der Waals surface area contributed by atoms with Crippen LogP contribution in [0.3, 0.4) is 0 Å². The van der Waals surface area contributed by atoms with E-state index in [-0.39, 0.29) is 0 Å². The number of halogens is 3. The van der Waals surface area contributed by atoms with E-state index in [0.29, 0.717) is 17.6 Å². The third-order valence-electron chi connectivity index (χ3n) is 2.89. The van der Waals surface area contributed by atoms with Gasteiger partial charge in [0.15, 0.2) is 5.22 Å². The molecule has 1 aromatic heterocycles. The van der Waals surface area contributed by atoms with E-state index in [0.717, 1.165) is 22.2 Å². The van der Waals surface area contributed by atoms with E-state index in [9.17, 15) is 0 Å². The van der Waals surface area contributed by atoms with E-state index in [1.165, 1.54) is 5.56 Å². The van der Waals surface area contributed by atoms with Crippen LogP contribution in [0.5, 0.6) is 5.75 Å². The fraction of sp³-hybridized carbons (Fsp3) is 0.231. The van der Waals surface area contributed by atoms with E-state index >= 15 is 0 Å². The Balaban J connectivity index is 2.06. The Morgan fingerprint density at radius 3 is 2.83 bits per heavy atom. The molecule has 2 nitrogen and oxygen atoms in total. The summed E-state index contributed by atoms with van der Waals surface area (Å²) in [6.07, 6.45) is 0.907. The third kappa shape index (κ3) is 2.15. The number of furan rings is 1. The maximum absolute atomic E-state index is 6.45. The minimum absolute atomic E-state index is 0.336. The molecule has 1 aromatic carbocycles. The third-order valence-corrected chi connectivity index (χ3v) is 4.01. The summed E-state index contributed by atoms with van der Waals surface area (Å²) in [5.74, 6) is 1.49. The van der Waals surface area contributed by atoms with Gasteiger partial charge in [-0.25, -0.2) is 0 Å². The van der Waals surface area contributed by atoms with Crippen LogP contribution in [0.15, 0.2) is 33.2 Å². The lowest BCUT2D eigenvalue weighted by molar-refractivity contribution is 0.353. The minimum atomic E-state index is -0.401. The Kier molecular flexibility index (Phi) is 3.31. The van der Waals surface area contributed by atoms with Gasteiger partial charge in [0, 0.05) is 16.5 Å². The maximum Gasteiger partial charge on any atom is 0.193 e. The summed E-state index contributed by atoms with van der Waals surface area (Å²) < 4.78 is 12.0. The predicted octanol–water partition coefficient (Wildman–Crippen LogP) is 4.96. The first-order valence-electron chi connectivity index (χ1n) is 5.49. The summed E-state index contributed by atoms with van der Waals surface area (Å²) in [5, 5.41) is -0.0648. The summed E-state index contributed by atoms with van der Waals surface area (Å²) in [7, 11) is 0. The molecular weight excluding hydrogens is 339 g/mol. The van der Waals surface area contributed by atoms with Crippen LogP contribution in [-0.4, -0.2) is 6.61 Å². The molecule has 0 fully saturated rings. The first kappa shape index (κ1) is 12.4. The molecule has 2 heterocycles. The topological polar surface area (TPSA) is 22.4 Å². The minimum Gasteiger partial charge on any atom is -0.493 e. The molecule has 2 aromatic rings. The second-order valence-corrected chi connectivity index (χ2v) is 5.81. The van der Waals surface area contributed by atoms with Crippen LogP contribution < -0.4 is 4.74 Å². The molecule has 0 amide bonds. The number of hydrogen-bond donors (Lipinski definition) is 0. The molecule has 3 rings (SSSR count). The second kappa shape index (κ2) is 4.80. The first-order valence-corrected chi connectivity index (χ1v) is 7.10. The van der Waals surface area contributed by atoms with Gasteiger partial charge in [0.25, 0.3) is 0 Å². The molecule has 1 unspecified atom stereocenters. The fourth-order valence-electron chi connectivity index (χ4n) is 2.10. The normalized spacial score (nSPS) is 15.3. The molecular formula is C13H9BrCl2O2. The van der Waals surface area contributed by atoms with Crippen molar-refractivity contribution >= 4 is 39.1 Å². The van der Waals surface area contributed by atoms with Crippen molar-refractivity contribution in [1.82, 2.24) is 0 Å². The summed E-state index contributed by atoms with van der Waals surface area (Å²) in [4.78, 5) is 0. The van der Waals surface area contributed by atoms with Crippen LogP contribution in [0, 0.1) is 0 Å². The molecule has 0 bridgehead atoms. The number of rotatable bonds is 2. The average Bonchev–Trinajstić information content (AvgIpc) is 2.95. The molecule has 0 saturated carbocycles. The quantitative estimate of drug-likeness (QED) is 0.716. The van der Waals surface area contributed by atoms with E-state index < -0.39 is 5.38 Å². The van der Waals surface area contributed by atoms with E-state index in [1.54, 1.807) is 12.1 Å². The van der Waals surface area contributed by atoms with E-state index in [1.807, 2.05) is 6.07 Å². The van der Waals surface area contributed by atoms with Gasteiger partial charge >= 0.3 is 0 Å². The zero-order chi connectivity index (χ0) is 12.7.